The molecule has 1 aromatic rings. The molecule has 0 radical (unpaired) electrons. The van der Waals surface area contributed by atoms with Crippen molar-refractivity contribution in [3.63, 3.8) is 0 Å². The summed E-state index contributed by atoms with van der Waals surface area (Å²) in [5.41, 5.74) is 1.01. The zero-order chi connectivity index (χ0) is 14.8. The fourth-order valence-electron chi connectivity index (χ4n) is 2.94. The van der Waals surface area contributed by atoms with Crippen LogP contribution in [0.5, 0.6) is 0 Å². The third kappa shape index (κ3) is 2.93. The Morgan fingerprint density at radius 2 is 2.05 bits per heavy atom. The number of benzene rings is 1. The molecule has 0 aliphatic carbocycles. The van der Waals surface area contributed by atoms with Crippen LogP contribution in [0, 0.1) is 5.92 Å². The smallest absolute Gasteiger partial charge is 0.308 e. The lowest BCUT2D eigenvalue weighted by Crippen LogP contribution is -2.30. The van der Waals surface area contributed by atoms with Gasteiger partial charge in [-0.25, -0.2) is 0 Å². The van der Waals surface area contributed by atoms with Gasteiger partial charge in [-0.1, -0.05) is 23.7 Å². The summed E-state index contributed by atoms with van der Waals surface area (Å²) in [6.45, 7) is 1.14. The van der Waals surface area contributed by atoms with Gasteiger partial charge in [0.2, 0.25) is 0 Å². The number of hydrogen-bond donors (Lipinski definition) is 1. The molecule has 2 aliphatic rings. The van der Waals surface area contributed by atoms with E-state index in [0.717, 1.165) is 24.2 Å². The van der Waals surface area contributed by atoms with E-state index < -0.39 is 11.9 Å². The molecule has 1 saturated heterocycles. The second-order valence-electron chi connectivity index (χ2n) is 5.36. The van der Waals surface area contributed by atoms with Gasteiger partial charge in [0.25, 0.3) is 0 Å². The van der Waals surface area contributed by atoms with Crippen LogP contribution in [0.3, 0.4) is 0 Å². The Morgan fingerprint density at radius 3 is 2.67 bits per heavy atom. The third-order valence-corrected chi connectivity index (χ3v) is 4.30. The van der Waals surface area contributed by atoms with E-state index in [0.29, 0.717) is 18.1 Å². The normalized spacial score (nSPS) is 25.0. The van der Waals surface area contributed by atoms with Crippen molar-refractivity contribution in [2.45, 2.75) is 18.8 Å². The highest BCUT2D eigenvalue weighted by Gasteiger charge is 2.39. The van der Waals surface area contributed by atoms with Crippen LogP contribution in [-0.2, 0) is 4.79 Å². The number of nitrogens with zero attached hydrogens (tertiary/aromatic N) is 3. The molecule has 1 aromatic carbocycles. The van der Waals surface area contributed by atoms with Crippen molar-refractivity contribution in [2.24, 2.45) is 16.1 Å². The van der Waals surface area contributed by atoms with Crippen molar-refractivity contribution in [1.82, 2.24) is 4.90 Å². The summed E-state index contributed by atoms with van der Waals surface area (Å²) < 4.78 is 0. The van der Waals surface area contributed by atoms with Crippen molar-refractivity contribution < 1.29 is 9.90 Å². The number of rotatable bonds is 2. The molecule has 0 saturated carbocycles. The van der Waals surface area contributed by atoms with Gasteiger partial charge >= 0.3 is 5.97 Å². The maximum Gasteiger partial charge on any atom is 0.308 e. The molecular formula is C15H16ClN3O2. The van der Waals surface area contributed by atoms with Crippen LogP contribution in [0.2, 0.25) is 5.02 Å². The first kappa shape index (κ1) is 14.1. The van der Waals surface area contributed by atoms with Crippen LogP contribution < -0.4 is 0 Å². The summed E-state index contributed by atoms with van der Waals surface area (Å²) in [6, 6.07) is 7.43. The fraction of sp³-hybridized carbons (Fsp3) is 0.400. The van der Waals surface area contributed by atoms with Crippen molar-refractivity contribution in [2.75, 3.05) is 13.1 Å². The van der Waals surface area contributed by atoms with Gasteiger partial charge in [0.1, 0.15) is 5.84 Å². The lowest BCUT2D eigenvalue weighted by molar-refractivity contribution is -0.141. The standard InChI is InChI=1S/C15H16ClN3O2/c16-11-5-3-10(4-6-11)12-8-19(9-13(12)15(20)21)14-2-1-7-17-18-14/h3-7,12-13H,1-2,8-9H2,(H,20,21)/t12-,13+/m0/s1. The molecule has 1 fully saturated rings. The lowest BCUT2D eigenvalue weighted by atomic mass is 9.89. The molecule has 2 heterocycles. The number of hydrogen-bond acceptors (Lipinski definition) is 4. The highest BCUT2D eigenvalue weighted by molar-refractivity contribution is 6.30. The van der Waals surface area contributed by atoms with Crippen molar-refractivity contribution in [3.8, 4) is 0 Å². The van der Waals surface area contributed by atoms with E-state index in [1.54, 1.807) is 18.3 Å². The summed E-state index contributed by atoms with van der Waals surface area (Å²) in [7, 11) is 0. The summed E-state index contributed by atoms with van der Waals surface area (Å²) in [5.74, 6) is -0.356. The van der Waals surface area contributed by atoms with Crippen molar-refractivity contribution in [3.05, 3.63) is 34.9 Å². The summed E-state index contributed by atoms with van der Waals surface area (Å²) in [6.07, 6.45) is 3.47. The van der Waals surface area contributed by atoms with Crippen LogP contribution in [0.4, 0.5) is 0 Å². The molecule has 0 unspecified atom stereocenters. The minimum absolute atomic E-state index is 0.0478. The van der Waals surface area contributed by atoms with Crippen LogP contribution in [-0.4, -0.2) is 41.1 Å². The zero-order valence-electron chi connectivity index (χ0n) is 11.4. The average molecular weight is 306 g/mol. The molecule has 0 amide bonds. The zero-order valence-corrected chi connectivity index (χ0v) is 12.2. The van der Waals surface area contributed by atoms with Gasteiger partial charge in [0, 0.05) is 36.7 Å². The topological polar surface area (TPSA) is 65.3 Å². The van der Waals surface area contributed by atoms with Crippen LogP contribution >= 0.6 is 11.6 Å². The van der Waals surface area contributed by atoms with Gasteiger partial charge in [-0.05, 0) is 24.1 Å². The molecule has 0 aromatic heterocycles. The Bertz CT molecular complexity index is 597. The Labute approximate surface area is 127 Å². The predicted octanol–water partition coefficient (Wildman–Crippen LogP) is 2.62. The lowest BCUT2D eigenvalue weighted by Gasteiger charge is -2.20. The first-order valence-electron chi connectivity index (χ1n) is 6.96. The van der Waals surface area contributed by atoms with E-state index in [9.17, 15) is 9.90 Å². The number of carbonyl (C=O) groups is 1. The Balaban J connectivity index is 1.84. The Morgan fingerprint density at radius 1 is 1.29 bits per heavy atom. The number of amidine groups is 1. The van der Waals surface area contributed by atoms with Gasteiger partial charge < -0.3 is 10.0 Å². The maximum atomic E-state index is 11.6. The van der Waals surface area contributed by atoms with Gasteiger partial charge in [-0.2, -0.15) is 5.10 Å². The predicted molar refractivity (Wildman–Crippen MR) is 82.1 cm³/mol. The van der Waals surface area contributed by atoms with Gasteiger partial charge in [0.05, 0.1) is 5.92 Å². The molecule has 2 atom stereocenters. The fourth-order valence-corrected chi connectivity index (χ4v) is 3.07. The van der Waals surface area contributed by atoms with Gasteiger partial charge in [0.15, 0.2) is 0 Å². The first-order valence-corrected chi connectivity index (χ1v) is 7.34. The molecule has 1 N–H and O–H groups in total. The van der Waals surface area contributed by atoms with E-state index in [2.05, 4.69) is 15.1 Å². The molecule has 21 heavy (non-hydrogen) atoms. The van der Waals surface area contributed by atoms with E-state index in [1.807, 2.05) is 12.1 Å². The molecule has 6 heteroatoms. The summed E-state index contributed by atoms with van der Waals surface area (Å²) >= 11 is 5.91. The molecule has 0 bridgehead atoms. The highest BCUT2D eigenvalue weighted by Crippen LogP contribution is 2.34. The number of aliphatic carboxylic acids is 1. The van der Waals surface area contributed by atoms with Crippen LogP contribution in [0.25, 0.3) is 0 Å². The Kier molecular flexibility index (Phi) is 3.92. The Hall–Kier alpha value is -1.88. The SMILES string of the molecule is O=C(O)[C@@H]1CN(C2=NN=CCC2)C[C@H]1c1ccc(Cl)cc1. The van der Waals surface area contributed by atoms with Crippen molar-refractivity contribution in [1.29, 1.82) is 0 Å². The molecule has 2 aliphatic heterocycles. The molecule has 0 spiro atoms. The number of halogens is 1. The highest BCUT2D eigenvalue weighted by atomic mass is 35.5. The van der Waals surface area contributed by atoms with Gasteiger partial charge in [-0.15, -0.1) is 5.10 Å². The van der Waals surface area contributed by atoms with Crippen LogP contribution in [0.1, 0.15) is 24.3 Å². The second kappa shape index (κ2) is 5.85. The summed E-state index contributed by atoms with van der Waals surface area (Å²) in [4.78, 5) is 13.6. The largest absolute Gasteiger partial charge is 0.481 e. The quantitative estimate of drug-likeness (QED) is 0.913. The van der Waals surface area contributed by atoms with Crippen LogP contribution in [0.15, 0.2) is 34.5 Å². The first-order chi connectivity index (χ1) is 10.1. The number of carboxylic acid groups (broad SMARTS) is 1. The second-order valence-corrected chi connectivity index (χ2v) is 5.80. The summed E-state index contributed by atoms with van der Waals surface area (Å²) in [5, 5.41) is 18.2. The average Bonchev–Trinajstić information content (AvgIpc) is 2.94. The van der Waals surface area contributed by atoms with E-state index in [4.69, 9.17) is 11.6 Å². The van der Waals surface area contributed by atoms with E-state index >= 15 is 0 Å². The molecular weight excluding hydrogens is 290 g/mol. The molecule has 110 valence electrons. The van der Waals surface area contributed by atoms with E-state index in [1.165, 1.54) is 0 Å². The van der Waals surface area contributed by atoms with Crippen molar-refractivity contribution >= 4 is 29.6 Å². The third-order valence-electron chi connectivity index (χ3n) is 4.05. The molecule has 3 rings (SSSR count). The monoisotopic (exact) mass is 305 g/mol. The minimum Gasteiger partial charge on any atom is -0.481 e. The number of carboxylic acids is 1. The number of likely N-dealkylation sites (tertiary alicyclic amines) is 1. The van der Waals surface area contributed by atoms with Gasteiger partial charge in [-0.3, -0.25) is 4.79 Å². The minimum atomic E-state index is -0.766. The van der Waals surface area contributed by atoms with E-state index in [-0.39, 0.29) is 5.92 Å². The molecule has 5 nitrogen and oxygen atoms in total. The maximum absolute atomic E-state index is 11.6.